The first-order valence-corrected chi connectivity index (χ1v) is 10.0. The van der Waals surface area contributed by atoms with Crippen LogP contribution in [0.4, 0.5) is 15.2 Å². The number of likely N-dealkylation sites (tertiary alicyclic amines) is 1. The molecule has 0 unspecified atom stereocenters. The number of amides is 1. The van der Waals surface area contributed by atoms with Gasteiger partial charge in [0.1, 0.15) is 5.82 Å². The van der Waals surface area contributed by atoms with E-state index in [2.05, 4.69) is 22.4 Å². The predicted molar refractivity (Wildman–Crippen MR) is 99.9 cm³/mol. The number of carbonyl (C=O) groups is 1. The molecule has 1 aliphatic heterocycles. The second kappa shape index (κ2) is 8.14. The number of hydrogen-bond acceptors (Lipinski definition) is 6. The summed E-state index contributed by atoms with van der Waals surface area (Å²) >= 11 is 2.72. The maximum Gasteiger partial charge on any atom is 0.235 e. The zero-order valence-corrected chi connectivity index (χ0v) is 15.9. The highest BCUT2D eigenvalue weighted by Gasteiger charge is 2.26. The minimum Gasteiger partial charge on any atom is -0.342 e. The third kappa shape index (κ3) is 4.70. The molecule has 2 heterocycles. The van der Waals surface area contributed by atoms with Gasteiger partial charge in [0.25, 0.3) is 0 Å². The second-order valence-corrected chi connectivity index (χ2v) is 8.81. The lowest BCUT2D eigenvalue weighted by Crippen LogP contribution is -2.41. The Labute approximate surface area is 155 Å². The molecule has 0 radical (unpaired) electrons. The highest BCUT2D eigenvalue weighted by molar-refractivity contribution is 8.02. The number of halogens is 1. The Kier molecular flexibility index (Phi) is 5.90. The Morgan fingerprint density at radius 3 is 2.80 bits per heavy atom. The van der Waals surface area contributed by atoms with Gasteiger partial charge in [0.2, 0.25) is 11.0 Å². The first kappa shape index (κ1) is 18.1. The lowest BCUT2D eigenvalue weighted by molar-refractivity contribution is -0.131. The third-order valence-corrected chi connectivity index (χ3v) is 6.25. The number of anilines is 2. The smallest absolute Gasteiger partial charge is 0.235 e. The number of para-hydroxylation sites is 1. The summed E-state index contributed by atoms with van der Waals surface area (Å²) < 4.78 is 14.4. The molecule has 0 aliphatic carbocycles. The molecule has 3 rings (SSSR count). The SMILES string of the molecule is CC1CCN(C(=O)[C@@H](C)Sc2nnc(Nc3ccccc3F)s2)CC1. The van der Waals surface area contributed by atoms with E-state index in [1.807, 2.05) is 11.8 Å². The number of carbonyl (C=O) groups excluding carboxylic acids is 1. The van der Waals surface area contributed by atoms with Crippen molar-refractivity contribution in [2.75, 3.05) is 18.4 Å². The van der Waals surface area contributed by atoms with Crippen LogP contribution in [0, 0.1) is 11.7 Å². The zero-order chi connectivity index (χ0) is 17.8. The van der Waals surface area contributed by atoms with Crippen LogP contribution < -0.4 is 5.32 Å². The molecule has 1 saturated heterocycles. The number of thioether (sulfide) groups is 1. The molecule has 1 aromatic heterocycles. The van der Waals surface area contributed by atoms with Gasteiger partial charge in [-0.05, 0) is 37.8 Å². The topological polar surface area (TPSA) is 58.1 Å². The quantitative estimate of drug-likeness (QED) is 0.790. The number of benzene rings is 1. The van der Waals surface area contributed by atoms with Crippen LogP contribution in [0.15, 0.2) is 28.6 Å². The molecule has 1 amide bonds. The molecule has 1 N–H and O–H groups in total. The Balaban J connectivity index is 1.57. The largest absolute Gasteiger partial charge is 0.342 e. The van der Waals surface area contributed by atoms with E-state index in [0.29, 0.717) is 21.1 Å². The van der Waals surface area contributed by atoms with E-state index in [0.717, 1.165) is 25.9 Å². The lowest BCUT2D eigenvalue weighted by atomic mass is 9.99. The fourth-order valence-corrected chi connectivity index (χ4v) is 4.67. The van der Waals surface area contributed by atoms with Crippen LogP contribution in [0.2, 0.25) is 0 Å². The standard InChI is InChI=1S/C17H21FN4OS2/c1-11-7-9-22(10-8-11)15(23)12(2)24-17-21-20-16(25-17)19-14-6-4-3-5-13(14)18/h3-6,11-12H,7-10H2,1-2H3,(H,19,20)/t12-/m1/s1. The summed E-state index contributed by atoms with van der Waals surface area (Å²) in [6.07, 6.45) is 2.14. The van der Waals surface area contributed by atoms with Crippen LogP contribution in [0.5, 0.6) is 0 Å². The van der Waals surface area contributed by atoms with Crippen molar-refractivity contribution in [1.29, 1.82) is 0 Å². The van der Waals surface area contributed by atoms with Gasteiger partial charge in [-0.2, -0.15) is 0 Å². The van der Waals surface area contributed by atoms with E-state index in [1.54, 1.807) is 18.2 Å². The van der Waals surface area contributed by atoms with Gasteiger partial charge in [0, 0.05) is 13.1 Å². The predicted octanol–water partition coefficient (Wildman–Crippen LogP) is 4.16. The molecular weight excluding hydrogens is 359 g/mol. The molecule has 0 bridgehead atoms. The lowest BCUT2D eigenvalue weighted by Gasteiger charge is -2.31. The van der Waals surface area contributed by atoms with Gasteiger partial charge in [0.15, 0.2) is 4.34 Å². The molecule has 1 fully saturated rings. The Hall–Kier alpha value is -1.67. The Bertz CT molecular complexity index is 731. The van der Waals surface area contributed by atoms with E-state index in [4.69, 9.17) is 0 Å². The summed E-state index contributed by atoms with van der Waals surface area (Å²) in [6.45, 7) is 5.80. The fraction of sp³-hybridized carbons (Fsp3) is 0.471. The van der Waals surface area contributed by atoms with E-state index >= 15 is 0 Å². The van der Waals surface area contributed by atoms with Crippen LogP contribution in [-0.2, 0) is 4.79 Å². The molecule has 134 valence electrons. The van der Waals surface area contributed by atoms with Gasteiger partial charge in [-0.25, -0.2) is 4.39 Å². The van der Waals surface area contributed by atoms with Gasteiger partial charge < -0.3 is 10.2 Å². The minimum atomic E-state index is -0.338. The summed E-state index contributed by atoms with van der Waals surface area (Å²) in [6, 6.07) is 6.42. The summed E-state index contributed by atoms with van der Waals surface area (Å²) in [5.74, 6) is 0.507. The molecule has 0 saturated carbocycles. The second-order valence-electron chi connectivity index (χ2n) is 6.25. The highest BCUT2D eigenvalue weighted by Crippen LogP contribution is 2.32. The van der Waals surface area contributed by atoms with Gasteiger partial charge in [-0.1, -0.05) is 42.2 Å². The first-order valence-electron chi connectivity index (χ1n) is 8.33. The van der Waals surface area contributed by atoms with Gasteiger partial charge in [-0.15, -0.1) is 10.2 Å². The molecule has 25 heavy (non-hydrogen) atoms. The first-order chi connectivity index (χ1) is 12.0. The molecule has 8 heteroatoms. The van der Waals surface area contributed by atoms with Crippen molar-refractivity contribution in [1.82, 2.24) is 15.1 Å². The third-order valence-electron chi connectivity index (χ3n) is 4.24. The number of nitrogens with one attached hydrogen (secondary N) is 1. The Morgan fingerprint density at radius 1 is 1.36 bits per heavy atom. The van der Waals surface area contributed by atoms with Crippen LogP contribution in [0.1, 0.15) is 26.7 Å². The Morgan fingerprint density at radius 2 is 2.08 bits per heavy atom. The van der Waals surface area contributed by atoms with Gasteiger partial charge in [-0.3, -0.25) is 4.79 Å². The van der Waals surface area contributed by atoms with Crippen molar-refractivity contribution >= 4 is 39.8 Å². The van der Waals surface area contributed by atoms with E-state index in [9.17, 15) is 9.18 Å². The van der Waals surface area contributed by atoms with E-state index in [-0.39, 0.29) is 17.0 Å². The van der Waals surface area contributed by atoms with Crippen molar-refractivity contribution < 1.29 is 9.18 Å². The van der Waals surface area contributed by atoms with Crippen molar-refractivity contribution in [2.24, 2.45) is 5.92 Å². The molecule has 1 aliphatic rings. The van der Waals surface area contributed by atoms with Crippen LogP contribution in [-0.4, -0.2) is 39.3 Å². The fourth-order valence-electron chi connectivity index (χ4n) is 2.67. The number of hydrogen-bond donors (Lipinski definition) is 1. The highest BCUT2D eigenvalue weighted by atomic mass is 32.2. The average Bonchev–Trinajstić information content (AvgIpc) is 3.04. The molecule has 1 atom stereocenters. The molecule has 0 spiro atoms. The van der Waals surface area contributed by atoms with Crippen LogP contribution in [0.25, 0.3) is 0 Å². The number of nitrogens with zero attached hydrogens (tertiary/aromatic N) is 3. The van der Waals surface area contributed by atoms with Crippen molar-refractivity contribution in [3.63, 3.8) is 0 Å². The summed E-state index contributed by atoms with van der Waals surface area (Å²) in [5, 5.41) is 11.4. The number of piperidine rings is 1. The summed E-state index contributed by atoms with van der Waals surface area (Å²) in [7, 11) is 0. The maximum atomic E-state index is 13.7. The molecule has 1 aromatic carbocycles. The summed E-state index contributed by atoms with van der Waals surface area (Å²) in [5.41, 5.74) is 0.363. The molecule has 2 aromatic rings. The van der Waals surface area contributed by atoms with E-state index < -0.39 is 0 Å². The average molecular weight is 381 g/mol. The van der Waals surface area contributed by atoms with Gasteiger partial charge in [0.05, 0.1) is 10.9 Å². The monoisotopic (exact) mass is 380 g/mol. The zero-order valence-electron chi connectivity index (χ0n) is 14.2. The number of aromatic nitrogens is 2. The van der Waals surface area contributed by atoms with Gasteiger partial charge >= 0.3 is 0 Å². The number of rotatable bonds is 5. The van der Waals surface area contributed by atoms with Crippen LogP contribution in [0.3, 0.4) is 0 Å². The van der Waals surface area contributed by atoms with E-state index in [1.165, 1.54) is 29.2 Å². The molecular formula is C17H21FN4OS2. The maximum absolute atomic E-state index is 13.7. The van der Waals surface area contributed by atoms with Crippen molar-refractivity contribution in [3.05, 3.63) is 30.1 Å². The normalized spacial score (nSPS) is 16.7. The van der Waals surface area contributed by atoms with Crippen molar-refractivity contribution in [3.8, 4) is 0 Å². The minimum absolute atomic E-state index is 0.149. The molecule has 5 nitrogen and oxygen atoms in total. The van der Waals surface area contributed by atoms with Crippen LogP contribution >= 0.6 is 23.1 Å². The summed E-state index contributed by atoms with van der Waals surface area (Å²) in [4.78, 5) is 14.5. The van der Waals surface area contributed by atoms with Crippen molar-refractivity contribution in [2.45, 2.75) is 36.3 Å².